The third-order valence-corrected chi connectivity index (χ3v) is 4.10. The molecule has 3 amide bonds. The molecular weight excluding hydrogens is 306 g/mol. The Morgan fingerprint density at radius 3 is 2.75 bits per heavy atom. The van der Waals surface area contributed by atoms with Gasteiger partial charge in [-0.15, -0.1) is 0 Å². The van der Waals surface area contributed by atoms with Crippen LogP contribution in [0.4, 0.5) is 4.79 Å². The molecule has 24 heavy (non-hydrogen) atoms. The maximum absolute atomic E-state index is 12.0. The lowest BCUT2D eigenvalue weighted by Crippen LogP contribution is -2.46. The van der Waals surface area contributed by atoms with E-state index < -0.39 is 0 Å². The van der Waals surface area contributed by atoms with Crippen molar-refractivity contribution in [2.45, 2.75) is 45.2 Å². The van der Waals surface area contributed by atoms with Crippen molar-refractivity contribution in [2.24, 2.45) is 0 Å². The molecule has 0 radical (unpaired) electrons. The summed E-state index contributed by atoms with van der Waals surface area (Å²) in [5.41, 5.74) is 0.890. The largest absolute Gasteiger partial charge is 0.497 e. The lowest BCUT2D eigenvalue weighted by Gasteiger charge is -2.32. The number of hydrogen-bond acceptors (Lipinski definition) is 3. The van der Waals surface area contributed by atoms with Crippen molar-refractivity contribution in [3.8, 4) is 5.75 Å². The fourth-order valence-electron chi connectivity index (χ4n) is 2.84. The number of carbonyl (C=O) groups is 2. The Kier molecular flexibility index (Phi) is 5.70. The Morgan fingerprint density at radius 2 is 2.12 bits per heavy atom. The van der Waals surface area contributed by atoms with Crippen molar-refractivity contribution in [1.82, 2.24) is 15.5 Å². The first-order valence-corrected chi connectivity index (χ1v) is 8.27. The number of urea groups is 1. The van der Waals surface area contributed by atoms with Crippen LogP contribution < -0.4 is 15.4 Å². The van der Waals surface area contributed by atoms with Crippen LogP contribution in [0.1, 0.15) is 32.8 Å². The van der Waals surface area contributed by atoms with E-state index in [1.165, 1.54) is 0 Å². The van der Waals surface area contributed by atoms with Gasteiger partial charge in [0, 0.05) is 25.0 Å². The molecule has 1 fully saturated rings. The molecule has 0 spiro atoms. The number of methoxy groups -OCH3 is 1. The fourth-order valence-corrected chi connectivity index (χ4v) is 2.84. The first-order valence-electron chi connectivity index (χ1n) is 8.27. The monoisotopic (exact) mass is 333 g/mol. The van der Waals surface area contributed by atoms with Gasteiger partial charge in [-0.1, -0.05) is 12.1 Å². The van der Waals surface area contributed by atoms with Crippen LogP contribution in [-0.2, 0) is 11.2 Å². The van der Waals surface area contributed by atoms with Crippen LogP contribution in [0, 0.1) is 0 Å². The van der Waals surface area contributed by atoms with E-state index in [1.807, 2.05) is 49.9 Å². The second-order valence-electron chi connectivity index (χ2n) is 7.08. The normalized spacial score (nSPS) is 17.8. The van der Waals surface area contributed by atoms with E-state index in [0.717, 1.165) is 17.7 Å². The van der Waals surface area contributed by atoms with Crippen molar-refractivity contribution in [2.75, 3.05) is 20.2 Å². The van der Waals surface area contributed by atoms with Crippen LogP contribution in [0.2, 0.25) is 0 Å². The molecule has 0 saturated carbocycles. The summed E-state index contributed by atoms with van der Waals surface area (Å²) in [7, 11) is 1.63. The van der Waals surface area contributed by atoms with E-state index in [0.29, 0.717) is 19.5 Å². The van der Waals surface area contributed by atoms with Crippen molar-refractivity contribution in [3.63, 3.8) is 0 Å². The van der Waals surface area contributed by atoms with Gasteiger partial charge in [-0.3, -0.25) is 4.79 Å². The third kappa shape index (κ3) is 4.88. The van der Waals surface area contributed by atoms with Gasteiger partial charge in [0.2, 0.25) is 5.91 Å². The van der Waals surface area contributed by atoms with E-state index >= 15 is 0 Å². The van der Waals surface area contributed by atoms with Crippen molar-refractivity contribution < 1.29 is 14.3 Å². The van der Waals surface area contributed by atoms with Crippen LogP contribution in [0.25, 0.3) is 0 Å². The highest BCUT2D eigenvalue weighted by Gasteiger charge is 2.36. The highest BCUT2D eigenvalue weighted by Crippen LogP contribution is 2.21. The van der Waals surface area contributed by atoms with Crippen molar-refractivity contribution in [3.05, 3.63) is 29.8 Å². The topological polar surface area (TPSA) is 70.7 Å². The average Bonchev–Trinajstić information content (AvgIpc) is 2.88. The van der Waals surface area contributed by atoms with Crippen LogP contribution in [0.3, 0.4) is 0 Å². The van der Waals surface area contributed by atoms with Crippen LogP contribution in [-0.4, -0.2) is 48.6 Å². The average molecular weight is 333 g/mol. The summed E-state index contributed by atoms with van der Waals surface area (Å²) in [6, 6.07) is 7.41. The standard InChI is InChI=1S/C18H27N3O3/c1-18(2,3)21-12-14(11-16(21)22)20-17(23)19-9-8-13-6-5-7-15(10-13)24-4/h5-7,10,14H,8-9,11-12H2,1-4H3,(H2,19,20,23). The molecule has 132 valence electrons. The highest BCUT2D eigenvalue weighted by molar-refractivity contribution is 5.82. The maximum Gasteiger partial charge on any atom is 0.315 e. The second-order valence-corrected chi connectivity index (χ2v) is 7.08. The highest BCUT2D eigenvalue weighted by atomic mass is 16.5. The van der Waals surface area contributed by atoms with Gasteiger partial charge in [0.15, 0.2) is 0 Å². The predicted octanol–water partition coefficient (Wildman–Crippen LogP) is 1.94. The van der Waals surface area contributed by atoms with Gasteiger partial charge in [-0.2, -0.15) is 0 Å². The number of hydrogen-bond donors (Lipinski definition) is 2. The lowest BCUT2D eigenvalue weighted by molar-refractivity contribution is -0.131. The number of rotatable bonds is 5. The number of nitrogens with zero attached hydrogens (tertiary/aromatic N) is 1. The van der Waals surface area contributed by atoms with Crippen molar-refractivity contribution in [1.29, 1.82) is 0 Å². The summed E-state index contributed by atoms with van der Waals surface area (Å²) >= 11 is 0. The summed E-state index contributed by atoms with van der Waals surface area (Å²) in [6.07, 6.45) is 1.09. The molecule has 1 saturated heterocycles. The molecule has 0 aliphatic carbocycles. The van der Waals surface area contributed by atoms with E-state index in [4.69, 9.17) is 4.74 Å². The number of ether oxygens (including phenoxy) is 1. The van der Waals surface area contributed by atoms with E-state index in [2.05, 4.69) is 10.6 Å². The molecule has 0 bridgehead atoms. The molecule has 6 nitrogen and oxygen atoms in total. The van der Waals surface area contributed by atoms with Gasteiger partial charge in [-0.05, 0) is 44.9 Å². The Balaban J connectivity index is 1.75. The number of amides is 3. The summed E-state index contributed by atoms with van der Waals surface area (Å²) in [5, 5.41) is 5.73. The molecule has 1 aromatic carbocycles. The zero-order valence-electron chi connectivity index (χ0n) is 14.9. The summed E-state index contributed by atoms with van der Waals surface area (Å²) in [5.74, 6) is 0.896. The predicted molar refractivity (Wildman–Crippen MR) is 93.1 cm³/mol. The van der Waals surface area contributed by atoms with E-state index in [-0.39, 0.29) is 23.5 Å². The summed E-state index contributed by atoms with van der Waals surface area (Å²) in [6.45, 7) is 7.10. The molecule has 1 heterocycles. The quantitative estimate of drug-likeness (QED) is 0.865. The van der Waals surface area contributed by atoms with Gasteiger partial charge in [0.1, 0.15) is 5.75 Å². The minimum Gasteiger partial charge on any atom is -0.497 e. The van der Waals surface area contributed by atoms with Gasteiger partial charge in [0.25, 0.3) is 0 Å². The van der Waals surface area contributed by atoms with Crippen LogP contribution in [0.15, 0.2) is 24.3 Å². The van der Waals surface area contributed by atoms with Crippen LogP contribution in [0.5, 0.6) is 5.75 Å². The molecular formula is C18H27N3O3. The molecule has 0 aromatic heterocycles. The Labute approximate surface area is 143 Å². The Hall–Kier alpha value is -2.24. The molecule has 1 aliphatic heterocycles. The zero-order valence-corrected chi connectivity index (χ0v) is 14.9. The first kappa shape index (κ1) is 18.1. The summed E-state index contributed by atoms with van der Waals surface area (Å²) < 4.78 is 5.18. The van der Waals surface area contributed by atoms with E-state index in [9.17, 15) is 9.59 Å². The minimum absolute atomic E-state index is 0.0872. The molecule has 6 heteroatoms. The van der Waals surface area contributed by atoms with E-state index in [1.54, 1.807) is 7.11 Å². The second kappa shape index (κ2) is 7.55. The minimum atomic E-state index is -0.230. The number of nitrogens with one attached hydrogen (secondary N) is 2. The van der Waals surface area contributed by atoms with Gasteiger partial charge >= 0.3 is 6.03 Å². The van der Waals surface area contributed by atoms with Crippen molar-refractivity contribution >= 4 is 11.9 Å². The summed E-state index contributed by atoms with van der Waals surface area (Å²) in [4.78, 5) is 25.8. The number of carbonyl (C=O) groups excluding carboxylic acids is 2. The molecule has 1 atom stereocenters. The molecule has 1 aliphatic rings. The zero-order chi connectivity index (χ0) is 17.7. The molecule has 1 unspecified atom stereocenters. The number of benzene rings is 1. The fraction of sp³-hybridized carbons (Fsp3) is 0.556. The van der Waals surface area contributed by atoms with Crippen LogP contribution >= 0.6 is 0 Å². The maximum atomic E-state index is 12.0. The SMILES string of the molecule is COc1cccc(CCNC(=O)NC2CC(=O)N(C(C)(C)C)C2)c1. The Morgan fingerprint density at radius 1 is 1.38 bits per heavy atom. The molecule has 1 aromatic rings. The Bertz CT molecular complexity index is 595. The third-order valence-electron chi connectivity index (χ3n) is 4.10. The molecule has 2 N–H and O–H groups in total. The lowest BCUT2D eigenvalue weighted by atomic mass is 10.1. The number of likely N-dealkylation sites (tertiary alicyclic amines) is 1. The first-order chi connectivity index (χ1) is 11.3. The van der Waals surface area contributed by atoms with Gasteiger partial charge < -0.3 is 20.3 Å². The van der Waals surface area contributed by atoms with Gasteiger partial charge in [-0.25, -0.2) is 4.79 Å². The van der Waals surface area contributed by atoms with Gasteiger partial charge in [0.05, 0.1) is 13.2 Å². The smallest absolute Gasteiger partial charge is 0.315 e. The molecule has 2 rings (SSSR count).